The van der Waals surface area contributed by atoms with E-state index in [0.29, 0.717) is 24.1 Å². The lowest BCUT2D eigenvalue weighted by atomic mass is 9.90. The molecule has 4 rings (SSSR count). The second-order valence-corrected chi connectivity index (χ2v) is 8.45. The van der Waals surface area contributed by atoms with Crippen LogP contribution in [0.4, 0.5) is 11.8 Å². The summed E-state index contributed by atoms with van der Waals surface area (Å²) < 4.78 is 17.3. The Bertz CT molecular complexity index is 895. The highest BCUT2D eigenvalue weighted by atomic mass is 16.5. The second kappa shape index (κ2) is 10.8. The minimum atomic E-state index is 0.281. The Morgan fingerprint density at radius 1 is 1.16 bits per heavy atom. The average Bonchev–Trinajstić information content (AvgIpc) is 3.35. The van der Waals surface area contributed by atoms with E-state index in [1.165, 1.54) is 25.9 Å². The number of anilines is 2. The maximum atomic E-state index is 6.45. The predicted octanol–water partition coefficient (Wildman–Crippen LogP) is 3.53. The molecule has 0 atom stereocenters. The van der Waals surface area contributed by atoms with E-state index in [2.05, 4.69) is 15.2 Å². The molecule has 2 aromatic rings. The number of aromatic nitrogens is 2. The molecule has 2 saturated heterocycles. The van der Waals surface area contributed by atoms with Gasteiger partial charge in [0.1, 0.15) is 5.82 Å². The third-order valence-corrected chi connectivity index (χ3v) is 6.32. The molecule has 3 N–H and O–H groups in total. The molecule has 2 aliphatic heterocycles. The highest BCUT2D eigenvalue weighted by molar-refractivity contribution is 5.79. The highest BCUT2D eigenvalue weighted by Crippen LogP contribution is 2.40. The van der Waals surface area contributed by atoms with Crippen LogP contribution in [0, 0.1) is 0 Å². The number of methoxy groups -OCH3 is 1. The normalized spacial score (nSPS) is 17.4. The van der Waals surface area contributed by atoms with Crippen LogP contribution in [-0.2, 0) is 4.74 Å². The molecule has 2 fully saturated rings. The third-order valence-electron chi connectivity index (χ3n) is 6.32. The molecule has 1 aromatic carbocycles. The summed E-state index contributed by atoms with van der Waals surface area (Å²) in [6.07, 6.45) is 5.44. The first-order valence-corrected chi connectivity index (χ1v) is 11.7. The number of nitrogens with two attached hydrogens (primary N) is 1. The van der Waals surface area contributed by atoms with Gasteiger partial charge in [0.2, 0.25) is 5.95 Å². The van der Waals surface area contributed by atoms with Crippen molar-refractivity contribution in [3.05, 3.63) is 23.9 Å². The van der Waals surface area contributed by atoms with Gasteiger partial charge in [-0.1, -0.05) is 6.07 Å². The van der Waals surface area contributed by atoms with E-state index >= 15 is 0 Å². The van der Waals surface area contributed by atoms with Crippen molar-refractivity contribution in [3.8, 4) is 22.6 Å². The Hall–Kier alpha value is -2.58. The van der Waals surface area contributed by atoms with Gasteiger partial charge in [0.25, 0.3) is 0 Å². The number of nitrogen functional groups attached to an aromatic ring is 1. The van der Waals surface area contributed by atoms with E-state index < -0.39 is 0 Å². The van der Waals surface area contributed by atoms with E-state index in [9.17, 15) is 0 Å². The number of hydrogen-bond acceptors (Lipinski definition) is 8. The van der Waals surface area contributed by atoms with Gasteiger partial charge in [0, 0.05) is 38.3 Å². The summed E-state index contributed by atoms with van der Waals surface area (Å²) in [7, 11) is 3.47. The number of rotatable bonds is 9. The van der Waals surface area contributed by atoms with Crippen LogP contribution in [0.3, 0.4) is 0 Å². The van der Waals surface area contributed by atoms with Crippen molar-refractivity contribution in [1.29, 1.82) is 0 Å². The summed E-state index contributed by atoms with van der Waals surface area (Å²) >= 11 is 0. The van der Waals surface area contributed by atoms with Gasteiger partial charge in [-0.25, -0.2) is 4.98 Å². The zero-order valence-electron chi connectivity index (χ0n) is 19.2. The van der Waals surface area contributed by atoms with Gasteiger partial charge in [0.05, 0.1) is 19.4 Å². The summed E-state index contributed by atoms with van der Waals surface area (Å²) in [4.78, 5) is 11.8. The van der Waals surface area contributed by atoms with Crippen molar-refractivity contribution in [2.45, 2.75) is 38.0 Å². The molecular formula is C24H35N5O3. The number of likely N-dealkylation sites (tertiary alicyclic amines) is 1. The molecule has 32 heavy (non-hydrogen) atoms. The number of ether oxygens (including phenoxy) is 3. The zero-order valence-corrected chi connectivity index (χ0v) is 19.2. The molecule has 0 spiro atoms. The van der Waals surface area contributed by atoms with Gasteiger partial charge in [-0.2, -0.15) is 4.98 Å². The van der Waals surface area contributed by atoms with E-state index in [1.54, 1.807) is 7.11 Å². The first-order chi connectivity index (χ1) is 15.7. The molecule has 8 nitrogen and oxygen atoms in total. The SMILES string of the molecule is CNc1nc(N)c(-c2ccc(OC)c(OCCCN3CCCC3)c2)c(C2CCOCC2)n1. The Morgan fingerprint density at radius 2 is 1.94 bits per heavy atom. The van der Waals surface area contributed by atoms with Gasteiger partial charge in [-0.3, -0.25) is 0 Å². The van der Waals surface area contributed by atoms with E-state index in [-0.39, 0.29) is 5.92 Å². The van der Waals surface area contributed by atoms with Crippen molar-refractivity contribution in [2.75, 3.05) is 64.7 Å². The van der Waals surface area contributed by atoms with E-state index in [4.69, 9.17) is 24.9 Å². The minimum Gasteiger partial charge on any atom is -0.493 e. The smallest absolute Gasteiger partial charge is 0.224 e. The lowest BCUT2D eigenvalue weighted by molar-refractivity contribution is 0.0846. The number of nitrogens with zero attached hydrogens (tertiary/aromatic N) is 3. The zero-order chi connectivity index (χ0) is 22.3. The van der Waals surface area contributed by atoms with Gasteiger partial charge in [0.15, 0.2) is 11.5 Å². The lowest BCUT2D eigenvalue weighted by Crippen LogP contribution is -2.22. The quantitative estimate of drug-likeness (QED) is 0.571. The van der Waals surface area contributed by atoms with Gasteiger partial charge < -0.3 is 30.2 Å². The number of hydrogen-bond donors (Lipinski definition) is 2. The monoisotopic (exact) mass is 441 g/mol. The third kappa shape index (κ3) is 5.24. The van der Waals surface area contributed by atoms with Crippen molar-refractivity contribution >= 4 is 11.8 Å². The van der Waals surface area contributed by atoms with Gasteiger partial charge >= 0.3 is 0 Å². The molecule has 0 saturated carbocycles. The summed E-state index contributed by atoms with van der Waals surface area (Å²) in [6, 6.07) is 5.95. The summed E-state index contributed by atoms with van der Waals surface area (Å²) in [5, 5.41) is 3.03. The first kappa shape index (κ1) is 22.6. The molecule has 0 aliphatic carbocycles. The lowest BCUT2D eigenvalue weighted by Gasteiger charge is -2.25. The summed E-state index contributed by atoms with van der Waals surface area (Å²) in [5.74, 6) is 2.73. The fourth-order valence-electron chi connectivity index (χ4n) is 4.59. The molecule has 2 aliphatic rings. The Kier molecular flexibility index (Phi) is 7.65. The molecule has 0 amide bonds. The topological polar surface area (TPSA) is 94.8 Å². The molecule has 174 valence electrons. The van der Waals surface area contributed by atoms with Gasteiger partial charge in [-0.05, 0) is 62.9 Å². The Morgan fingerprint density at radius 3 is 2.66 bits per heavy atom. The van der Waals surface area contributed by atoms with Crippen LogP contribution >= 0.6 is 0 Å². The molecule has 0 unspecified atom stereocenters. The van der Waals surface area contributed by atoms with Crippen molar-refractivity contribution in [3.63, 3.8) is 0 Å². The maximum Gasteiger partial charge on any atom is 0.224 e. The van der Waals surface area contributed by atoms with Crippen LogP contribution in [-0.4, -0.2) is 68.5 Å². The van der Waals surface area contributed by atoms with Crippen molar-refractivity contribution in [1.82, 2.24) is 14.9 Å². The van der Waals surface area contributed by atoms with Crippen molar-refractivity contribution in [2.24, 2.45) is 0 Å². The molecular weight excluding hydrogens is 406 g/mol. The second-order valence-electron chi connectivity index (χ2n) is 8.45. The predicted molar refractivity (Wildman–Crippen MR) is 127 cm³/mol. The molecule has 8 heteroatoms. The highest BCUT2D eigenvalue weighted by Gasteiger charge is 2.25. The average molecular weight is 442 g/mol. The van der Waals surface area contributed by atoms with Crippen LogP contribution in [0.25, 0.3) is 11.1 Å². The first-order valence-electron chi connectivity index (χ1n) is 11.7. The summed E-state index contributed by atoms with van der Waals surface area (Å²) in [6.45, 7) is 5.59. The molecule has 0 radical (unpaired) electrons. The Balaban J connectivity index is 1.58. The largest absolute Gasteiger partial charge is 0.493 e. The number of benzene rings is 1. The van der Waals surface area contributed by atoms with Crippen LogP contribution in [0.2, 0.25) is 0 Å². The van der Waals surface area contributed by atoms with Crippen LogP contribution in [0.1, 0.15) is 43.7 Å². The number of nitrogens with one attached hydrogen (secondary N) is 1. The van der Waals surface area contributed by atoms with Crippen LogP contribution in [0.5, 0.6) is 11.5 Å². The maximum absolute atomic E-state index is 6.45. The van der Waals surface area contributed by atoms with Crippen LogP contribution < -0.4 is 20.5 Å². The van der Waals surface area contributed by atoms with E-state index in [1.807, 2.05) is 25.2 Å². The summed E-state index contributed by atoms with van der Waals surface area (Å²) in [5.41, 5.74) is 9.24. The fourth-order valence-corrected chi connectivity index (χ4v) is 4.59. The van der Waals surface area contributed by atoms with Gasteiger partial charge in [-0.15, -0.1) is 0 Å². The Labute approximate surface area is 190 Å². The van der Waals surface area contributed by atoms with E-state index in [0.717, 1.165) is 61.6 Å². The van der Waals surface area contributed by atoms with Crippen molar-refractivity contribution < 1.29 is 14.2 Å². The fraction of sp³-hybridized carbons (Fsp3) is 0.583. The van der Waals surface area contributed by atoms with Crippen LogP contribution in [0.15, 0.2) is 18.2 Å². The molecule has 3 heterocycles. The standard InChI is InChI=1S/C24H35N5O3/c1-26-24-27-22(17-8-14-31-15-9-17)21(23(25)28-24)18-6-7-19(30-2)20(16-18)32-13-5-12-29-10-3-4-11-29/h6-7,16-17H,3-5,8-15H2,1-2H3,(H3,25,26,27,28). The minimum absolute atomic E-state index is 0.281. The molecule has 1 aromatic heterocycles. The molecule has 0 bridgehead atoms.